The fourth-order valence-electron chi connectivity index (χ4n) is 3.42. The molecule has 36 heavy (non-hydrogen) atoms. The second-order valence-electron chi connectivity index (χ2n) is 7.75. The number of aromatic nitrogens is 2. The van der Waals surface area contributed by atoms with Gasteiger partial charge in [-0.2, -0.15) is 5.10 Å². The molecule has 0 atom stereocenters. The Morgan fingerprint density at radius 2 is 1.53 bits per heavy atom. The van der Waals surface area contributed by atoms with Gasteiger partial charge in [0.05, 0.1) is 18.5 Å². The molecule has 1 heterocycles. The molecule has 2 N–H and O–H groups in total. The summed E-state index contributed by atoms with van der Waals surface area (Å²) in [5.74, 6) is -2.58. The molecular weight excluding hydrogens is 467 g/mol. The van der Waals surface area contributed by atoms with Crippen molar-refractivity contribution in [3.8, 4) is 0 Å². The van der Waals surface area contributed by atoms with Gasteiger partial charge >= 0.3 is 5.97 Å². The minimum Gasteiger partial charge on any atom is -0.451 e. The number of carbonyl (C=O) groups excluding carboxylic acids is 3. The monoisotopic (exact) mass is 488 g/mol. The predicted molar refractivity (Wildman–Crippen MR) is 130 cm³/mol. The minimum atomic E-state index is -0.890. The lowest BCUT2D eigenvalue weighted by Gasteiger charge is -2.11. The van der Waals surface area contributed by atoms with E-state index in [0.717, 1.165) is 5.56 Å². The average molecular weight is 488 g/mol. The van der Waals surface area contributed by atoms with Gasteiger partial charge in [0.15, 0.2) is 12.3 Å². The molecule has 0 aliphatic carbocycles. The Hall–Kier alpha value is -4.86. The van der Waals surface area contributed by atoms with Crippen LogP contribution in [0.3, 0.4) is 0 Å². The lowest BCUT2D eigenvalue weighted by molar-refractivity contribution is -0.126. The van der Waals surface area contributed by atoms with Crippen molar-refractivity contribution >= 4 is 34.2 Å². The minimum absolute atomic E-state index is 0.108. The first-order chi connectivity index (χ1) is 17.4. The van der Waals surface area contributed by atoms with E-state index in [-0.39, 0.29) is 29.7 Å². The highest BCUT2D eigenvalue weighted by Gasteiger charge is 2.19. The Labute approximate surface area is 204 Å². The summed E-state index contributed by atoms with van der Waals surface area (Å²) in [6.07, 6.45) is 0. The van der Waals surface area contributed by atoms with Gasteiger partial charge in [-0.05, 0) is 35.9 Å². The summed E-state index contributed by atoms with van der Waals surface area (Å²) in [5.41, 5.74) is 0.713. The van der Waals surface area contributed by atoms with Crippen LogP contribution in [0.1, 0.15) is 16.1 Å². The number of fused-ring (bicyclic) bond motifs is 1. The van der Waals surface area contributed by atoms with E-state index >= 15 is 0 Å². The number of carbonyl (C=O) groups is 3. The number of ether oxygens (including phenoxy) is 1. The normalized spacial score (nSPS) is 10.6. The van der Waals surface area contributed by atoms with Crippen molar-refractivity contribution < 1.29 is 23.5 Å². The molecule has 0 fully saturated rings. The quantitative estimate of drug-likeness (QED) is 0.368. The van der Waals surface area contributed by atoms with Crippen molar-refractivity contribution in [2.75, 3.05) is 18.5 Å². The number of rotatable bonds is 8. The highest BCUT2D eigenvalue weighted by atomic mass is 19.1. The van der Waals surface area contributed by atoms with Crippen LogP contribution in [0.4, 0.5) is 10.1 Å². The molecule has 10 heteroatoms. The Morgan fingerprint density at radius 3 is 2.25 bits per heavy atom. The summed E-state index contributed by atoms with van der Waals surface area (Å²) < 4.78 is 19.2. The van der Waals surface area contributed by atoms with Crippen LogP contribution in [-0.2, 0) is 20.9 Å². The first-order valence-corrected chi connectivity index (χ1v) is 10.9. The topological polar surface area (TPSA) is 119 Å². The molecule has 0 aliphatic rings. The fraction of sp³-hybridized carbons (Fsp3) is 0.115. The van der Waals surface area contributed by atoms with Gasteiger partial charge in [-0.1, -0.05) is 48.5 Å². The number of benzene rings is 3. The first kappa shape index (κ1) is 24.3. The van der Waals surface area contributed by atoms with Gasteiger partial charge in [0.1, 0.15) is 5.82 Å². The summed E-state index contributed by atoms with van der Waals surface area (Å²) in [5, 5.41) is 9.63. The third kappa shape index (κ3) is 5.98. The summed E-state index contributed by atoms with van der Waals surface area (Å²) in [4.78, 5) is 49.8. The van der Waals surface area contributed by atoms with E-state index in [4.69, 9.17) is 4.74 Å². The second-order valence-corrected chi connectivity index (χ2v) is 7.75. The molecule has 0 saturated carbocycles. The van der Waals surface area contributed by atoms with Crippen molar-refractivity contribution in [2.24, 2.45) is 0 Å². The number of amides is 2. The Balaban J connectivity index is 1.40. The summed E-state index contributed by atoms with van der Waals surface area (Å²) >= 11 is 0. The van der Waals surface area contributed by atoms with E-state index in [2.05, 4.69) is 15.7 Å². The molecule has 0 spiro atoms. The van der Waals surface area contributed by atoms with E-state index in [9.17, 15) is 23.6 Å². The predicted octanol–water partition coefficient (Wildman–Crippen LogP) is 2.50. The number of hydrogen-bond acceptors (Lipinski definition) is 6. The maximum Gasteiger partial charge on any atom is 0.359 e. The molecule has 0 unspecified atom stereocenters. The number of nitrogens with zero attached hydrogens (tertiary/aromatic N) is 2. The van der Waals surface area contributed by atoms with Crippen molar-refractivity contribution in [1.29, 1.82) is 0 Å². The van der Waals surface area contributed by atoms with Crippen LogP contribution in [0, 0.1) is 5.82 Å². The fourth-order valence-corrected chi connectivity index (χ4v) is 3.42. The van der Waals surface area contributed by atoms with E-state index in [1.165, 1.54) is 28.9 Å². The number of esters is 1. The highest BCUT2D eigenvalue weighted by Crippen LogP contribution is 2.15. The third-order valence-electron chi connectivity index (χ3n) is 5.14. The molecule has 0 aliphatic heterocycles. The number of anilines is 1. The molecule has 0 bridgehead atoms. The van der Waals surface area contributed by atoms with Gasteiger partial charge in [0.2, 0.25) is 5.91 Å². The Morgan fingerprint density at radius 1 is 0.861 bits per heavy atom. The van der Waals surface area contributed by atoms with Crippen molar-refractivity contribution in [1.82, 2.24) is 15.1 Å². The lowest BCUT2D eigenvalue weighted by atomic mass is 10.1. The molecule has 1 aromatic heterocycles. The summed E-state index contributed by atoms with van der Waals surface area (Å²) in [6.45, 7) is -0.887. The summed E-state index contributed by atoms with van der Waals surface area (Å²) in [6, 6.07) is 20.8. The van der Waals surface area contributed by atoms with E-state index in [0.29, 0.717) is 11.1 Å². The molecule has 9 nitrogen and oxygen atoms in total. The smallest absolute Gasteiger partial charge is 0.359 e. The van der Waals surface area contributed by atoms with Crippen LogP contribution < -0.4 is 16.2 Å². The number of halogens is 1. The van der Waals surface area contributed by atoms with E-state index < -0.39 is 30.2 Å². The van der Waals surface area contributed by atoms with E-state index in [1.54, 1.807) is 24.3 Å². The molecule has 0 radical (unpaired) electrons. The molecule has 3 aromatic carbocycles. The van der Waals surface area contributed by atoms with Gasteiger partial charge in [-0.3, -0.25) is 14.4 Å². The molecule has 182 valence electrons. The molecular formula is C26H21FN4O5. The SMILES string of the molecule is O=C(COC(=O)c1nn(Cc2ccccc2)c(=O)c2ccccc12)NCC(=O)Nc1ccc(F)cc1. The zero-order chi connectivity index (χ0) is 25.5. The van der Waals surface area contributed by atoms with Crippen LogP contribution in [0.5, 0.6) is 0 Å². The van der Waals surface area contributed by atoms with Crippen molar-refractivity contribution in [2.45, 2.75) is 6.54 Å². The highest BCUT2D eigenvalue weighted by molar-refractivity contribution is 6.02. The summed E-state index contributed by atoms with van der Waals surface area (Å²) in [7, 11) is 0. The molecule has 2 amide bonds. The van der Waals surface area contributed by atoms with Crippen LogP contribution >= 0.6 is 0 Å². The van der Waals surface area contributed by atoms with Gasteiger partial charge in [-0.25, -0.2) is 13.9 Å². The van der Waals surface area contributed by atoms with Crippen LogP contribution in [0.15, 0.2) is 83.7 Å². The van der Waals surface area contributed by atoms with Gasteiger partial charge in [0.25, 0.3) is 11.5 Å². The largest absolute Gasteiger partial charge is 0.451 e. The van der Waals surface area contributed by atoms with Gasteiger partial charge < -0.3 is 15.4 Å². The van der Waals surface area contributed by atoms with Gasteiger partial charge in [0, 0.05) is 11.1 Å². The molecule has 4 aromatic rings. The number of hydrogen-bond donors (Lipinski definition) is 2. The van der Waals surface area contributed by atoms with Crippen molar-refractivity contribution in [3.05, 3.63) is 106 Å². The van der Waals surface area contributed by atoms with Crippen LogP contribution in [-0.4, -0.2) is 40.7 Å². The zero-order valence-corrected chi connectivity index (χ0v) is 18.9. The third-order valence-corrected chi connectivity index (χ3v) is 5.14. The standard InChI is InChI=1S/C26H21FN4O5/c27-18-10-12-19(13-11-18)29-22(32)14-28-23(33)16-36-26(35)24-20-8-4-5-9-21(20)25(34)31(30-24)15-17-6-2-1-3-7-17/h1-13H,14-16H2,(H,28,33)(H,29,32). The maximum absolute atomic E-state index is 12.9. The van der Waals surface area contributed by atoms with Crippen LogP contribution in [0.25, 0.3) is 10.8 Å². The first-order valence-electron chi connectivity index (χ1n) is 10.9. The average Bonchev–Trinajstić information content (AvgIpc) is 2.89. The van der Waals surface area contributed by atoms with Crippen LogP contribution in [0.2, 0.25) is 0 Å². The number of nitrogens with one attached hydrogen (secondary N) is 2. The molecule has 4 rings (SSSR count). The molecule has 0 saturated heterocycles. The van der Waals surface area contributed by atoms with Crippen molar-refractivity contribution in [3.63, 3.8) is 0 Å². The lowest BCUT2D eigenvalue weighted by Crippen LogP contribution is -2.36. The Kier molecular flexibility index (Phi) is 7.45. The second kappa shape index (κ2) is 11.0. The van der Waals surface area contributed by atoms with E-state index in [1.807, 2.05) is 30.3 Å². The maximum atomic E-state index is 12.9. The van der Waals surface area contributed by atoms with Gasteiger partial charge in [-0.15, -0.1) is 0 Å². The Bertz CT molecular complexity index is 1470. The zero-order valence-electron chi connectivity index (χ0n) is 18.9.